The van der Waals surface area contributed by atoms with Gasteiger partial charge in [0.15, 0.2) is 11.6 Å². The predicted octanol–water partition coefficient (Wildman–Crippen LogP) is 4.00. The molecule has 138 valence electrons. The number of benzene rings is 1. The predicted molar refractivity (Wildman–Crippen MR) is 103 cm³/mol. The third-order valence-electron chi connectivity index (χ3n) is 3.62. The van der Waals surface area contributed by atoms with E-state index in [1.807, 2.05) is 45.3 Å². The first-order valence-corrected chi connectivity index (χ1v) is 8.32. The van der Waals surface area contributed by atoms with Crippen LogP contribution >= 0.6 is 12.4 Å². The Morgan fingerprint density at radius 1 is 1.12 bits per heavy atom. The summed E-state index contributed by atoms with van der Waals surface area (Å²) in [7, 11) is 4.08. The van der Waals surface area contributed by atoms with E-state index < -0.39 is 0 Å². The summed E-state index contributed by atoms with van der Waals surface area (Å²) in [6, 6.07) is 11.0. The van der Waals surface area contributed by atoms with E-state index in [1.54, 1.807) is 18.3 Å². The number of aromatic nitrogens is 1. The molecule has 1 aromatic carbocycles. The number of pyridine rings is 1. The van der Waals surface area contributed by atoms with Crippen molar-refractivity contribution in [1.82, 2.24) is 9.88 Å². The maximum absolute atomic E-state index is 14.2. The van der Waals surface area contributed by atoms with Crippen molar-refractivity contribution in [2.45, 2.75) is 19.9 Å². The number of halogens is 2. The van der Waals surface area contributed by atoms with Crippen molar-refractivity contribution in [3.63, 3.8) is 0 Å². The Hall–Kier alpha value is -1.85. The van der Waals surface area contributed by atoms with Crippen LogP contribution in [-0.4, -0.2) is 43.7 Å². The smallest absolute Gasteiger partial charge is 0.165 e. The highest BCUT2D eigenvalue weighted by molar-refractivity contribution is 5.85. The van der Waals surface area contributed by atoms with Gasteiger partial charge in [-0.05, 0) is 50.3 Å². The lowest BCUT2D eigenvalue weighted by molar-refractivity contribution is 0.301. The van der Waals surface area contributed by atoms with Gasteiger partial charge < -0.3 is 14.5 Å². The molecular weight excluding hydrogens is 341 g/mol. The topological polar surface area (TPSA) is 28.6 Å². The van der Waals surface area contributed by atoms with Crippen LogP contribution in [0.1, 0.15) is 18.9 Å². The zero-order chi connectivity index (χ0) is 17.4. The van der Waals surface area contributed by atoms with Gasteiger partial charge in [-0.2, -0.15) is 0 Å². The average molecular weight is 368 g/mol. The molecule has 1 aromatic heterocycles. The first-order valence-electron chi connectivity index (χ1n) is 8.32. The van der Waals surface area contributed by atoms with Crippen molar-refractivity contribution >= 4 is 18.2 Å². The molecule has 0 N–H and O–H groups in total. The van der Waals surface area contributed by atoms with Gasteiger partial charge in [0.1, 0.15) is 5.82 Å². The Labute approximate surface area is 156 Å². The van der Waals surface area contributed by atoms with Crippen LogP contribution < -0.4 is 9.64 Å². The SMILES string of the molecule is CCCOc1ccc(CN(CCN(C)C)c2ccccn2)cc1F.Cl. The largest absolute Gasteiger partial charge is 0.491 e. The lowest BCUT2D eigenvalue weighted by Crippen LogP contribution is -2.31. The van der Waals surface area contributed by atoms with Crippen LogP contribution in [0.4, 0.5) is 10.2 Å². The van der Waals surface area contributed by atoms with E-state index in [4.69, 9.17) is 4.74 Å². The third-order valence-corrected chi connectivity index (χ3v) is 3.62. The first-order chi connectivity index (χ1) is 11.6. The zero-order valence-electron chi connectivity index (χ0n) is 15.1. The number of ether oxygens (including phenoxy) is 1. The molecule has 2 aromatic rings. The molecule has 0 aliphatic carbocycles. The molecule has 4 nitrogen and oxygen atoms in total. The van der Waals surface area contributed by atoms with Gasteiger partial charge in [-0.25, -0.2) is 9.37 Å². The van der Waals surface area contributed by atoms with Crippen LogP contribution in [0, 0.1) is 5.82 Å². The van der Waals surface area contributed by atoms with Gasteiger partial charge in [0.25, 0.3) is 0 Å². The van der Waals surface area contributed by atoms with E-state index >= 15 is 0 Å². The molecule has 0 unspecified atom stereocenters. The second-order valence-corrected chi connectivity index (χ2v) is 6.03. The Morgan fingerprint density at radius 2 is 1.92 bits per heavy atom. The first kappa shape index (κ1) is 21.2. The van der Waals surface area contributed by atoms with Crippen LogP contribution in [0.15, 0.2) is 42.6 Å². The molecule has 25 heavy (non-hydrogen) atoms. The lowest BCUT2D eigenvalue weighted by atomic mass is 10.2. The summed E-state index contributed by atoms with van der Waals surface area (Å²) in [6.07, 6.45) is 2.64. The van der Waals surface area contributed by atoms with Crippen molar-refractivity contribution in [2.75, 3.05) is 38.7 Å². The maximum Gasteiger partial charge on any atom is 0.165 e. The Balaban J connectivity index is 0.00000312. The maximum atomic E-state index is 14.2. The summed E-state index contributed by atoms with van der Waals surface area (Å²) in [6.45, 7) is 4.85. The summed E-state index contributed by atoms with van der Waals surface area (Å²) in [5, 5.41) is 0. The Bertz CT molecular complexity index is 625. The van der Waals surface area contributed by atoms with Crippen LogP contribution in [0.25, 0.3) is 0 Å². The number of nitrogens with zero attached hydrogens (tertiary/aromatic N) is 3. The summed E-state index contributed by atoms with van der Waals surface area (Å²) in [4.78, 5) is 8.70. The number of likely N-dealkylation sites (N-methyl/N-ethyl adjacent to an activating group) is 1. The zero-order valence-corrected chi connectivity index (χ0v) is 15.9. The molecule has 0 saturated heterocycles. The molecule has 0 aliphatic heterocycles. The summed E-state index contributed by atoms with van der Waals surface area (Å²) in [5.41, 5.74) is 0.903. The molecule has 0 bridgehead atoms. The van der Waals surface area contributed by atoms with Gasteiger partial charge in [0.05, 0.1) is 6.61 Å². The fourth-order valence-corrected chi connectivity index (χ4v) is 2.33. The molecule has 6 heteroatoms. The summed E-state index contributed by atoms with van der Waals surface area (Å²) < 4.78 is 19.6. The van der Waals surface area contributed by atoms with E-state index in [2.05, 4.69) is 14.8 Å². The van der Waals surface area contributed by atoms with Gasteiger partial charge >= 0.3 is 0 Å². The van der Waals surface area contributed by atoms with Gasteiger partial charge in [-0.3, -0.25) is 0 Å². The van der Waals surface area contributed by atoms with Crippen LogP contribution in [0.3, 0.4) is 0 Å². The van der Waals surface area contributed by atoms with Crippen molar-refractivity contribution in [1.29, 1.82) is 0 Å². The lowest BCUT2D eigenvalue weighted by Gasteiger charge is -2.25. The fourth-order valence-electron chi connectivity index (χ4n) is 2.33. The second kappa shape index (κ2) is 10.9. The van der Waals surface area contributed by atoms with E-state index in [0.29, 0.717) is 18.9 Å². The molecule has 0 spiro atoms. The molecule has 0 atom stereocenters. The molecule has 2 rings (SSSR count). The van der Waals surface area contributed by atoms with E-state index in [9.17, 15) is 4.39 Å². The molecular formula is C19H27ClFN3O. The van der Waals surface area contributed by atoms with Crippen LogP contribution in [0.2, 0.25) is 0 Å². The molecule has 0 amide bonds. The monoisotopic (exact) mass is 367 g/mol. The standard InChI is InChI=1S/C19H26FN3O.ClH/c1-4-13-24-18-9-8-16(14-17(18)20)15-23(12-11-22(2)3)19-7-5-6-10-21-19;/h5-10,14H,4,11-13,15H2,1-3H3;1H. The molecule has 0 radical (unpaired) electrons. The number of hydrogen-bond donors (Lipinski definition) is 0. The second-order valence-electron chi connectivity index (χ2n) is 6.03. The van der Waals surface area contributed by atoms with E-state index in [0.717, 1.165) is 30.9 Å². The number of rotatable bonds is 9. The minimum Gasteiger partial charge on any atom is -0.491 e. The summed E-state index contributed by atoms with van der Waals surface area (Å²) >= 11 is 0. The Morgan fingerprint density at radius 3 is 2.52 bits per heavy atom. The van der Waals surface area contributed by atoms with Crippen LogP contribution in [-0.2, 0) is 6.54 Å². The van der Waals surface area contributed by atoms with Crippen molar-refractivity contribution in [2.24, 2.45) is 0 Å². The molecule has 0 saturated carbocycles. The minimum absolute atomic E-state index is 0. The third kappa shape index (κ3) is 6.88. The molecule has 0 aliphatic rings. The minimum atomic E-state index is -0.311. The van der Waals surface area contributed by atoms with Gasteiger partial charge in [-0.1, -0.05) is 19.1 Å². The van der Waals surface area contributed by atoms with Crippen molar-refractivity contribution in [3.8, 4) is 5.75 Å². The van der Waals surface area contributed by atoms with E-state index in [-0.39, 0.29) is 18.2 Å². The quantitative estimate of drug-likeness (QED) is 0.669. The van der Waals surface area contributed by atoms with E-state index in [1.165, 1.54) is 0 Å². The van der Waals surface area contributed by atoms with Crippen molar-refractivity contribution < 1.29 is 9.13 Å². The Kier molecular flexibility index (Phi) is 9.24. The molecule has 1 heterocycles. The highest BCUT2D eigenvalue weighted by atomic mass is 35.5. The molecule has 0 fully saturated rings. The van der Waals surface area contributed by atoms with Crippen molar-refractivity contribution in [3.05, 3.63) is 54.0 Å². The highest BCUT2D eigenvalue weighted by Gasteiger charge is 2.11. The summed E-state index contributed by atoms with van der Waals surface area (Å²) in [5.74, 6) is 0.902. The highest BCUT2D eigenvalue weighted by Crippen LogP contribution is 2.21. The fraction of sp³-hybridized carbons (Fsp3) is 0.421. The van der Waals surface area contributed by atoms with Gasteiger partial charge in [0, 0.05) is 25.8 Å². The average Bonchev–Trinajstić information content (AvgIpc) is 2.58. The van der Waals surface area contributed by atoms with Gasteiger partial charge in [-0.15, -0.1) is 12.4 Å². The number of anilines is 1. The van der Waals surface area contributed by atoms with Gasteiger partial charge in [0.2, 0.25) is 0 Å². The number of hydrogen-bond acceptors (Lipinski definition) is 4. The van der Waals surface area contributed by atoms with Crippen LogP contribution in [0.5, 0.6) is 5.75 Å². The normalized spacial score (nSPS) is 10.4.